The first kappa shape index (κ1) is 12.6. The van der Waals surface area contributed by atoms with Crippen molar-refractivity contribution in [3.8, 4) is 0 Å². The number of nitrogens with one attached hydrogen (secondary N) is 2. The maximum Gasteiger partial charge on any atom is 0.258 e. The van der Waals surface area contributed by atoms with Crippen LogP contribution in [0.5, 0.6) is 0 Å². The van der Waals surface area contributed by atoms with Gasteiger partial charge >= 0.3 is 0 Å². The van der Waals surface area contributed by atoms with Gasteiger partial charge in [-0.2, -0.15) is 5.10 Å². The number of nitrogens with two attached hydrogens (primary N) is 1. The van der Waals surface area contributed by atoms with Crippen molar-refractivity contribution in [2.24, 2.45) is 5.73 Å². The first-order valence-corrected chi connectivity index (χ1v) is 6.59. The minimum atomic E-state index is -3.65. The van der Waals surface area contributed by atoms with E-state index in [9.17, 15) is 8.42 Å². The van der Waals surface area contributed by atoms with Gasteiger partial charge in [0.2, 0.25) is 0 Å². The van der Waals surface area contributed by atoms with Crippen LogP contribution in [0.3, 0.4) is 0 Å². The van der Waals surface area contributed by atoms with E-state index in [2.05, 4.69) is 24.9 Å². The van der Waals surface area contributed by atoms with Crippen molar-refractivity contribution in [3.05, 3.63) is 36.0 Å². The predicted octanol–water partition coefficient (Wildman–Crippen LogP) is -0.863. The molecule has 0 saturated heterocycles. The Kier molecular flexibility index (Phi) is 3.65. The fourth-order valence-electron chi connectivity index (χ4n) is 1.24. The topological polar surface area (TPSA) is 127 Å². The van der Waals surface area contributed by atoms with Crippen LogP contribution in [0.25, 0.3) is 0 Å². The zero-order valence-electron chi connectivity index (χ0n) is 9.37. The monoisotopic (exact) mass is 268 g/mol. The summed E-state index contributed by atoms with van der Waals surface area (Å²) in [4.78, 5) is 7.65. The molecule has 0 radical (unpaired) electrons. The van der Waals surface area contributed by atoms with E-state index in [1.807, 2.05) is 0 Å². The summed E-state index contributed by atoms with van der Waals surface area (Å²) in [6.07, 6.45) is 2.74. The Bertz CT molecular complexity index is 592. The average molecular weight is 268 g/mol. The fraction of sp³-hybridized carbons (Fsp3) is 0.222. The Balaban J connectivity index is 2.09. The molecule has 0 aliphatic carbocycles. The lowest BCUT2D eigenvalue weighted by molar-refractivity contribution is 0.575. The van der Waals surface area contributed by atoms with Crippen LogP contribution in [-0.4, -0.2) is 28.6 Å². The zero-order valence-corrected chi connectivity index (χ0v) is 10.2. The highest BCUT2D eigenvalue weighted by atomic mass is 32.2. The fourth-order valence-corrected chi connectivity index (χ4v) is 2.16. The number of sulfonamides is 1. The van der Waals surface area contributed by atoms with E-state index >= 15 is 0 Å². The second kappa shape index (κ2) is 5.21. The summed E-state index contributed by atoms with van der Waals surface area (Å²) in [6.45, 7) is 0.349. The Morgan fingerprint density at radius 3 is 2.72 bits per heavy atom. The summed E-state index contributed by atoms with van der Waals surface area (Å²) in [5.41, 5.74) is 6.18. The number of pyridine rings is 1. The second-order valence-corrected chi connectivity index (χ2v) is 5.18. The number of nitrogens with zero attached hydrogens (tertiary/aromatic N) is 3. The molecule has 96 valence electrons. The molecule has 0 aromatic carbocycles. The van der Waals surface area contributed by atoms with Gasteiger partial charge in [0.05, 0.1) is 6.54 Å². The molecule has 2 heterocycles. The Hall–Kier alpha value is -1.84. The molecule has 0 spiro atoms. The number of aromatic nitrogens is 4. The van der Waals surface area contributed by atoms with Gasteiger partial charge in [0.1, 0.15) is 12.2 Å². The lowest BCUT2D eigenvalue weighted by atomic mass is 10.3. The van der Waals surface area contributed by atoms with E-state index in [4.69, 9.17) is 5.73 Å². The van der Waals surface area contributed by atoms with E-state index in [1.165, 1.54) is 18.6 Å². The van der Waals surface area contributed by atoms with Gasteiger partial charge in [-0.3, -0.25) is 5.10 Å². The van der Waals surface area contributed by atoms with Gasteiger partial charge in [0, 0.05) is 12.7 Å². The highest BCUT2D eigenvalue weighted by Crippen LogP contribution is 2.06. The molecule has 0 bridgehead atoms. The first-order chi connectivity index (χ1) is 8.62. The zero-order chi connectivity index (χ0) is 13.0. The quantitative estimate of drug-likeness (QED) is 0.647. The van der Waals surface area contributed by atoms with Crippen LogP contribution in [0.15, 0.2) is 29.7 Å². The minimum absolute atomic E-state index is 0.0304. The lowest BCUT2D eigenvalue weighted by Crippen LogP contribution is -2.24. The highest BCUT2D eigenvalue weighted by Gasteiger charge is 2.15. The lowest BCUT2D eigenvalue weighted by Gasteiger charge is -2.04. The predicted molar refractivity (Wildman–Crippen MR) is 62.5 cm³/mol. The molecule has 0 amide bonds. The smallest absolute Gasteiger partial charge is 0.258 e. The maximum absolute atomic E-state index is 11.9. The highest BCUT2D eigenvalue weighted by molar-refractivity contribution is 7.89. The van der Waals surface area contributed by atoms with Crippen molar-refractivity contribution in [2.45, 2.75) is 18.1 Å². The average Bonchev–Trinajstić information content (AvgIpc) is 2.90. The summed E-state index contributed by atoms with van der Waals surface area (Å²) in [5.74, 6) is 0.428. The molecule has 0 atom stereocenters. The molecule has 2 aromatic heterocycles. The van der Waals surface area contributed by atoms with Crippen molar-refractivity contribution in [1.29, 1.82) is 0 Å². The SMILES string of the molecule is NCc1ccc(S(=O)(=O)NCc2ncn[nH]2)nc1. The summed E-state index contributed by atoms with van der Waals surface area (Å²) in [5, 5.41) is 6.12. The van der Waals surface area contributed by atoms with Crippen molar-refractivity contribution in [3.63, 3.8) is 0 Å². The van der Waals surface area contributed by atoms with Gasteiger partial charge in [0.25, 0.3) is 10.0 Å². The molecule has 18 heavy (non-hydrogen) atoms. The Labute approximate surface area is 104 Å². The van der Waals surface area contributed by atoms with Crippen LogP contribution in [0, 0.1) is 0 Å². The van der Waals surface area contributed by atoms with Gasteiger partial charge < -0.3 is 5.73 Å². The number of H-pyrrole nitrogens is 1. The summed E-state index contributed by atoms with van der Waals surface area (Å²) in [7, 11) is -3.65. The number of hydrogen-bond acceptors (Lipinski definition) is 6. The van der Waals surface area contributed by atoms with Crippen LogP contribution in [0.2, 0.25) is 0 Å². The second-order valence-electron chi connectivity index (χ2n) is 3.47. The van der Waals surface area contributed by atoms with E-state index in [-0.39, 0.29) is 11.6 Å². The Morgan fingerprint density at radius 1 is 1.33 bits per heavy atom. The molecule has 4 N–H and O–H groups in total. The van der Waals surface area contributed by atoms with Crippen molar-refractivity contribution < 1.29 is 8.42 Å². The van der Waals surface area contributed by atoms with E-state index in [0.29, 0.717) is 12.4 Å². The van der Waals surface area contributed by atoms with E-state index < -0.39 is 10.0 Å². The first-order valence-electron chi connectivity index (χ1n) is 5.11. The third kappa shape index (κ3) is 2.88. The Morgan fingerprint density at radius 2 is 2.17 bits per heavy atom. The van der Waals surface area contributed by atoms with Gasteiger partial charge in [-0.15, -0.1) is 0 Å². The largest absolute Gasteiger partial charge is 0.326 e. The van der Waals surface area contributed by atoms with Gasteiger partial charge in [-0.25, -0.2) is 23.1 Å². The molecule has 2 rings (SSSR count). The van der Waals surface area contributed by atoms with E-state index in [1.54, 1.807) is 6.07 Å². The van der Waals surface area contributed by atoms with Gasteiger partial charge in [-0.05, 0) is 11.6 Å². The van der Waals surface area contributed by atoms with Crippen LogP contribution < -0.4 is 10.5 Å². The standard InChI is InChI=1S/C9H12N6O2S/c10-3-7-1-2-9(11-4-7)18(16,17)14-5-8-12-6-13-15-8/h1-2,4,6,14H,3,5,10H2,(H,12,13,15). The van der Waals surface area contributed by atoms with Gasteiger partial charge in [-0.1, -0.05) is 6.07 Å². The summed E-state index contributed by atoms with van der Waals surface area (Å²) >= 11 is 0. The number of aromatic amines is 1. The van der Waals surface area contributed by atoms with E-state index in [0.717, 1.165) is 5.56 Å². The molecular formula is C9H12N6O2S. The molecule has 0 fully saturated rings. The van der Waals surface area contributed by atoms with Crippen molar-refractivity contribution in [2.75, 3.05) is 0 Å². The molecule has 9 heteroatoms. The van der Waals surface area contributed by atoms with Crippen molar-refractivity contribution >= 4 is 10.0 Å². The van der Waals surface area contributed by atoms with Crippen LogP contribution in [0.1, 0.15) is 11.4 Å². The molecule has 0 unspecified atom stereocenters. The minimum Gasteiger partial charge on any atom is -0.326 e. The molecule has 2 aromatic rings. The number of rotatable bonds is 5. The number of hydrogen-bond donors (Lipinski definition) is 3. The summed E-state index contributed by atoms with van der Waals surface area (Å²) < 4.78 is 26.1. The molecule has 8 nitrogen and oxygen atoms in total. The third-order valence-corrected chi connectivity index (χ3v) is 3.52. The van der Waals surface area contributed by atoms with Crippen LogP contribution in [0.4, 0.5) is 0 Å². The summed E-state index contributed by atoms with van der Waals surface area (Å²) in [6, 6.07) is 3.03. The third-order valence-electron chi connectivity index (χ3n) is 2.20. The van der Waals surface area contributed by atoms with Gasteiger partial charge in [0.15, 0.2) is 5.03 Å². The maximum atomic E-state index is 11.9. The molecule has 0 saturated carbocycles. The molecule has 0 aliphatic heterocycles. The normalized spacial score (nSPS) is 11.6. The van der Waals surface area contributed by atoms with Crippen LogP contribution in [-0.2, 0) is 23.1 Å². The molecule has 0 aliphatic rings. The van der Waals surface area contributed by atoms with Crippen LogP contribution >= 0.6 is 0 Å². The van der Waals surface area contributed by atoms with Crippen molar-refractivity contribution in [1.82, 2.24) is 24.9 Å². The molecular weight excluding hydrogens is 256 g/mol.